The van der Waals surface area contributed by atoms with Gasteiger partial charge in [0.2, 0.25) is 0 Å². The highest BCUT2D eigenvalue weighted by Gasteiger charge is 2.25. The summed E-state index contributed by atoms with van der Waals surface area (Å²) in [5.41, 5.74) is 1.82. The van der Waals surface area contributed by atoms with Crippen LogP contribution in [-0.4, -0.2) is 80.3 Å². The molecular formula is C22H34N4O3. The normalized spacial score (nSPS) is 20.5. The lowest BCUT2D eigenvalue weighted by atomic mass is 9.89. The number of carbonyl (C=O) groups excluding carboxylic acids is 2. The van der Waals surface area contributed by atoms with E-state index in [9.17, 15) is 9.59 Å². The fourth-order valence-corrected chi connectivity index (χ4v) is 3.96. The zero-order valence-corrected chi connectivity index (χ0v) is 17.7. The molecule has 2 heterocycles. The van der Waals surface area contributed by atoms with Crippen molar-refractivity contribution in [3.63, 3.8) is 0 Å². The fourth-order valence-electron chi connectivity index (χ4n) is 3.96. The summed E-state index contributed by atoms with van der Waals surface area (Å²) in [4.78, 5) is 29.1. The largest absolute Gasteiger partial charge is 0.379 e. The molecule has 1 aromatic carbocycles. The van der Waals surface area contributed by atoms with Crippen LogP contribution in [0.15, 0.2) is 24.3 Å². The first-order valence-electron chi connectivity index (χ1n) is 10.8. The number of ether oxygens (including phenoxy) is 1. The Balaban J connectivity index is 1.54. The maximum Gasteiger partial charge on any atom is 0.317 e. The third-order valence-electron chi connectivity index (χ3n) is 5.56. The SMILES string of the molecule is CC(C)NC(=O)N1CCC[C@@H](c2cccc(C(=O)NCCN3CCOCC3)c2)C1. The first kappa shape index (κ1) is 21.6. The second-order valence-electron chi connectivity index (χ2n) is 8.22. The van der Waals surface area contributed by atoms with Gasteiger partial charge in [-0.05, 0) is 44.4 Å². The van der Waals surface area contributed by atoms with Crippen molar-refractivity contribution >= 4 is 11.9 Å². The van der Waals surface area contributed by atoms with Gasteiger partial charge in [0, 0.05) is 56.8 Å². The van der Waals surface area contributed by atoms with E-state index < -0.39 is 0 Å². The predicted molar refractivity (Wildman–Crippen MR) is 113 cm³/mol. The van der Waals surface area contributed by atoms with Crippen molar-refractivity contribution in [3.05, 3.63) is 35.4 Å². The number of likely N-dealkylation sites (tertiary alicyclic amines) is 1. The van der Waals surface area contributed by atoms with Crippen LogP contribution in [0.3, 0.4) is 0 Å². The van der Waals surface area contributed by atoms with Gasteiger partial charge in [-0.3, -0.25) is 9.69 Å². The Morgan fingerprint density at radius 2 is 2.00 bits per heavy atom. The van der Waals surface area contributed by atoms with E-state index in [2.05, 4.69) is 21.6 Å². The number of nitrogens with zero attached hydrogens (tertiary/aromatic N) is 2. The van der Waals surface area contributed by atoms with Gasteiger partial charge in [-0.2, -0.15) is 0 Å². The number of morpholine rings is 1. The molecule has 0 bridgehead atoms. The maximum atomic E-state index is 12.6. The van der Waals surface area contributed by atoms with Crippen LogP contribution in [0.25, 0.3) is 0 Å². The van der Waals surface area contributed by atoms with Crippen LogP contribution in [-0.2, 0) is 4.74 Å². The van der Waals surface area contributed by atoms with Crippen molar-refractivity contribution in [2.45, 2.75) is 38.6 Å². The number of carbonyl (C=O) groups is 2. The van der Waals surface area contributed by atoms with Gasteiger partial charge in [0.1, 0.15) is 0 Å². The Morgan fingerprint density at radius 3 is 2.76 bits per heavy atom. The smallest absolute Gasteiger partial charge is 0.317 e. The minimum Gasteiger partial charge on any atom is -0.379 e. The van der Waals surface area contributed by atoms with E-state index in [1.807, 2.05) is 36.9 Å². The number of piperidine rings is 1. The molecule has 2 N–H and O–H groups in total. The molecule has 7 heteroatoms. The lowest BCUT2D eigenvalue weighted by Crippen LogP contribution is -2.47. The molecule has 0 spiro atoms. The third-order valence-corrected chi connectivity index (χ3v) is 5.56. The van der Waals surface area contributed by atoms with Crippen LogP contribution in [0.1, 0.15) is 48.5 Å². The monoisotopic (exact) mass is 402 g/mol. The standard InChI is InChI=1S/C22H34N4O3/c1-17(2)24-22(28)26-9-4-7-20(16-26)18-5-3-6-19(15-18)21(27)23-8-10-25-11-13-29-14-12-25/h3,5-6,15,17,20H,4,7-14,16H2,1-2H3,(H,23,27)(H,24,28)/t20-/m1/s1. The van der Waals surface area contributed by atoms with E-state index in [1.54, 1.807) is 0 Å². The molecular weight excluding hydrogens is 368 g/mol. The molecule has 0 aromatic heterocycles. The van der Waals surface area contributed by atoms with E-state index in [1.165, 1.54) is 0 Å². The van der Waals surface area contributed by atoms with Crippen LogP contribution in [0.4, 0.5) is 4.79 Å². The molecule has 0 saturated carbocycles. The van der Waals surface area contributed by atoms with Crippen LogP contribution >= 0.6 is 0 Å². The Morgan fingerprint density at radius 1 is 1.21 bits per heavy atom. The predicted octanol–water partition coefficient (Wildman–Crippen LogP) is 2.05. The van der Waals surface area contributed by atoms with E-state index in [-0.39, 0.29) is 23.9 Å². The van der Waals surface area contributed by atoms with Crippen molar-refractivity contribution in [2.75, 3.05) is 52.5 Å². The Bertz CT molecular complexity index is 688. The summed E-state index contributed by atoms with van der Waals surface area (Å²) < 4.78 is 5.35. The van der Waals surface area contributed by atoms with Gasteiger partial charge in [0.15, 0.2) is 0 Å². The first-order chi connectivity index (χ1) is 14.0. The summed E-state index contributed by atoms with van der Waals surface area (Å²) >= 11 is 0. The van der Waals surface area contributed by atoms with Crippen molar-refractivity contribution in [3.8, 4) is 0 Å². The topological polar surface area (TPSA) is 73.9 Å². The molecule has 3 amide bonds. The average molecular weight is 403 g/mol. The van der Waals surface area contributed by atoms with Crippen LogP contribution in [0, 0.1) is 0 Å². The molecule has 1 atom stereocenters. The molecule has 1 aromatic rings. The average Bonchev–Trinajstić information content (AvgIpc) is 2.74. The zero-order chi connectivity index (χ0) is 20.6. The van der Waals surface area contributed by atoms with E-state index in [4.69, 9.17) is 4.74 Å². The molecule has 160 valence electrons. The van der Waals surface area contributed by atoms with Crippen molar-refractivity contribution in [1.82, 2.24) is 20.4 Å². The van der Waals surface area contributed by atoms with Gasteiger partial charge < -0.3 is 20.3 Å². The minimum atomic E-state index is -0.0367. The fraction of sp³-hybridized carbons (Fsp3) is 0.636. The Labute approximate surface area is 173 Å². The second kappa shape index (κ2) is 10.6. The molecule has 2 aliphatic heterocycles. The minimum absolute atomic E-state index is 0.00158. The van der Waals surface area contributed by atoms with Crippen LogP contribution in [0.2, 0.25) is 0 Å². The number of hydrogen-bond donors (Lipinski definition) is 2. The van der Waals surface area contributed by atoms with Gasteiger partial charge in [0.05, 0.1) is 13.2 Å². The highest BCUT2D eigenvalue weighted by molar-refractivity contribution is 5.94. The van der Waals surface area contributed by atoms with Crippen molar-refractivity contribution in [1.29, 1.82) is 0 Å². The first-order valence-corrected chi connectivity index (χ1v) is 10.8. The summed E-state index contributed by atoms with van der Waals surface area (Å²) in [5, 5.41) is 6.00. The number of benzene rings is 1. The summed E-state index contributed by atoms with van der Waals surface area (Å²) in [6, 6.07) is 7.99. The molecule has 0 radical (unpaired) electrons. The molecule has 0 unspecified atom stereocenters. The second-order valence-corrected chi connectivity index (χ2v) is 8.22. The van der Waals surface area contributed by atoms with Crippen LogP contribution < -0.4 is 10.6 Å². The summed E-state index contributed by atoms with van der Waals surface area (Å²) in [6.07, 6.45) is 2.01. The van der Waals surface area contributed by atoms with Gasteiger partial charge >= 0.3 is 6.03 Å². The molecule has 2 fully saturated rings. The number of amides is 3. The number of rotatable bonds is 6. The highest BCUT2D eigenvalue weighted by atomic mass is 16.5. The Hall–Kier alpha value is -2.12. The number of hydrogen-bond acceptors (Lipinski definition) is 4. The highest BCUT2D eigenvalue weighted by Crippen LogP contribution is 2.27. The van der Waals surface area contributed by atoms with Crippen LogP contribution in [0.5, 0.6) is 0 Å². The quantitative estimate of drug-likeness (QED) is 0.764. The molecule has 7 nitrogen and oxygen atoms in total. The molecule has 29 heavy (non-hydrogen) atoms. The van der Waals surface area contributed by atoms with E-state index >= 15 is 0 Å². The Kier molecular flexibility index (Phi) is 7.89. The van der Waals surface area contributed by atoms with Crippen molar-refractivity contribution in [2.24, 2.45) is 0 Å². The molecule has 2 aliphatic rings. The van der Waals surface area contributed by atoms with E-state index in [0.29, 0.717) is 18.7 Å². The summed E-state index contributed by atoms with van der Waals surface area (Å²) in [5.74, 6) is 0.230. The molecule has 3 rings (SSSR count). The zero-order valence-electron chi connectivity index (χ0n) is 17.7. The summed E-state index contributed by atoms with van der Waals surface area (Å²) in [6.45, 7) is 10.3. The summed E-state index contributed by atoms with van der Waals surface area (Å²) in [7, 11) is 0. The van der Waals surface area contributed by atoms with Gasteiger partial charge in [-0.15, -0.1) is 0 Å². The lowest BCUT2D eigenvalue weighted by Gasteiger charge is -2.33. The maximum absolute atomic E-state index is 12.6. The van der Waals surface area contributed by atoms with Crippen molar-refractivity contribution < 1.29 is 14.3 Å². The number of urea groups is 1. The molecule has 0 aliphatic carbocycles. The van der Waals surface area contributed by atoms with Gasteiger partial charge in [-0.1, -0.05) is 12.1 Å². The molecule has 2 saturated heterocycles. The number of nitrogens with one attached hydrogen (secondary N) is 2. The lowest BCUT2D eigenvalue weighted by molar-refractivity contribution is 0.0383. The van der Waals surface area contributed by atoms with Gasteiger partial charge in [0.25, 0.3) is 5.91 Å². The van der Waals surface area contributed by atoms with E-state index in [0.717, 1.165) is 57.8 Å². The van der Waals surface area contributed by atoms with Gasteiger partial charge in [-0.25, -0.2) is 4.79 Å². The third kappa shape index (κ3) is 6.44.